The molecule has 3 saturated heterocycles. The van der Waals surface area contributed by atoms with E-state index in [0.717, 1.165) is 6.42 Å². The van der Waals surface area contributed by atoms with Crippen LogP contribution in [0.3, 0.4) is 0 Å². The quantitative estimate of drug-likeness (QED) is 0.158. The number of amides is 2. The summed E-state index contributed by atoms with van der Waals surface area (Å²) < 4.78 is 4.80. The van der Waals surface area contributed by atoms with E-state index in [9.17, 15) is 19.5 Å². The predicted octanol–water partition coefficient (Wildman–Crippen LogP) is 4.60. The molecule has 3 heterocycles. The molecule has 206 valence electrons. The zero-order valence-corrected chi connectivity index (χ0v) is 24.6. The van der Waals surface area contributed by atoms with Crippen LogP contribution in [0.15, 0.2) is 49.6 Å². The topological polar surface area (TPSA) is 87.1 Å². The fourth-order valence-corrected chi connectivity index (χ4v) is 9.85. The Morgan fingerprint density at radius 3 is 2.66 bits per heavy atom. The van der Waals surface area contributed by atoms with Crippen molar-refractivity contribution >= 4 is 62.8 Å². The molecule has 2 amide bonds. The van der Waals surface area contributed by atoms with Crippen molar-refractivity contribution in [2.24, 2.45) is 11.8 Å². The van der Waals surface area contributed by atoms with E-state index in [1.54, 1.807) is 58.0 Å². The maximum atomic E-state index is 14.5. The number of nitrogens with zero attached hydrogens (tertiary/aromatic N) is 2. The van der Waals surface area contributed by atoms with Crippen molar-refractivity contribution in [2.45, 2.75) is 59.5 Å². The van der Waals surface area contributed by atoms with Gasteiger partial charge in [0.25, 0.3) is 5.91 Å². The van der Waals surface area contributed by atoms with Crippen LogP contribution >= 0.6 is 39.3 Å². The predicted molar refractivity (Wildman–Crippen MR) is 155 cm³/mol. The van der Waals surface area contributed by atoms with Crippen LogP contribution in [0.25, 0.3) is 0 Å². The number of ether oxygens (including phenoxy) is 1. The van der Waals surface area contributed by atoms with Crippen molar-refractivity contribution in [3.05, 3.63) is 54.6 Å². The number of unbranched alkanes of at least 4 members (excludes halogenated alkanes) is 1. The molecule has 1 spiro atoms. The molecule has 3 aliphatic heterocycles. The van der Waals surface area contributed by atoms with Crippen molar-refractivity contribution in [1.29, 1.82) is 0 Å². The number of carbonyl (C=O) groups is 3. The number of aliphatic hydroxyl groups is 1. The van der Waals surface area contributed by atoms with Crippen molar-refractivity contribution in [3.8, 4) is 0 Å². The van der Waals surface area contributed by atoms with Crippen LogP contribution in [0.4, 0.5) is 5.69 Å². The fourth-order valence-electron chi connectivity index (χ4n) is 6.14. The molecular weight excluding hydrogens is 592 g/mol. The highest BCUT2D eigenvalue weighted by atomic mass is 79.9. The Morgan fingerprint density at radius 2 is 2.05 bits per heavy atom. The number of aliphatic hydroxyl groups excluding tert-OH is 1. The number of halogens is 2. The third kappa shape index (κ3) is 4.95. The third-order valence-corrected chi connectivity index (χ3v) is 11.3. The number of benzene rings is 1. The molecule has 3 unspecified atom stereocenters. The molecule has 0 radical (unpaired) electrons. The van der Waals surface area contributed by atoms with E-state index in [2.05, 4.69) is 29.1 Å². The lowest BCUT2D eigenvalue weighted by Crippen LogP contribution is -2.58. The summed E-state index contributed by atoms with van der Waals surface area (Å²) >= 11 is 11.4. The van der Waals surface area contributed by atoms with Crippen LogP contribution < -0.4 is 4.90 Å². The Kier molecular flexibility index (Phi) is 9.33. The number of hydrogen-bond acceptors (Lipinski definition) is 6. The molecule has 3 aliphatic rings. The van der Waals surface area contributed by atoms with Crippen LogP contribution in [0.5, 0.6) is 0 Å². The fraction of sp³-hybridized carbons (Fsp3) is 0.536. The van der Waals surface area contributed by atoms with Crippen molar-refractivity contribution < 1.29 is 24.2 Å². The second-order valence-electron chi connectivity index (χ2n) is 9.97. The summed E-state index contributed by atoms with van der Waals surface area (Å²) in [5, 5.41) is 10.6. The number of likely N-dealkylation sites (tertiary alicyclic amines) is 1. The summed E-state index contributed by atoms with van der Waals surface area (Å²) in [5.41, 5.74) is 0.634. The summed E-state index contributed by atoms with van der Waals surface area (Å²) in [6.07, 6.45) is 5.83. The monoisotopic (exact) mass is 624 g/mol. The average molecular weight is 626 g/mol. The zero-order chi connectivity index (χ0) is 27.6. The molecule has 3 fully saturated rings. The Morgan fingerprint density at radius 1 is 1.34 bits per heavy atom. The van der Waals surface area contributed by atoms with Gasteiger partial charge in [0.15, 0.2) is 0 Å². The van der Waals surface area contributed by atoms with E-state index in [1.807, 2.05) is 6.92 Å². The summed E-state index contributed by atoms with van der Waals surface area (Å²) in [6.45, 7) is 9.62. The lowest BCUT2D eigenvalue weighted by atomic mass is 9.71. The highest BCUT2D eigenvalue weighted by Crippen LogP contribution is 2.68. The summed E-state index contributed by atoms with van der Waals surface area (Å²) in [6, 6.07) is 5.54. The van der Waals surface area contributed by atoms with E-state index in [1.165, 1.54) is 0 Å². The average Bonchev–Trinajstić information content (AvgIpc) is 3.50. The second-order valence-corrected chi connectivity index (χ2v) is 13.1. The number of thioether (sulfide) groups is 1. The maximum Gasteiger partial charge on any atom is 0.310 e. The van der Waals surface area contributed by atoms with E-state index in [4.69, 9.17) is 16.3 Å². The largest absolute Gasteiger partial charge is 0.465 e. The Balaban J connectivity index is 1.76. The summed E-state index contributed by atoms with van der Waals surface area (Å²) in [7, 11) is 0. The van der Waals surface area contributed by atoms with Crippen LogP contribution in [0, 0.1) is 11.8 Å². The van der Waals surface area contributed by atoms with Crippen LogP contribution in [0.2, 0.25) is 5.02 Å². The Labute approximate surface area is 241 Å². The molecule has 0 aromatic heterocycles. The van der Waals surface area contributed by atoms with Gasteiger partial charge in [-0.25, -0.2) is 0 Å². The number of fused-ring (bicyclic) bond motifs is 1. The van der Waals surface area contributed by atoms with Gasteiger partial charge in [0.05, 0.1) is 35.8 Å². The van der Waals surface area contributed by atoms with Crippen LogP contribution in [-0.2, 0) is 19.1 Å². The van der Waals surface area contributed by atoms with Gasteiger partial charge >= 0.3 is 5.97 Å². The molecular formula is C28H34BrClN2O5S. The van der Waals surface area contributed by atoms with Crippen LogP contribution in [0.1, 0.15) is 32.6 Å². The zero-order valence-electron chi connectivity index (χ0n) is 21.4. The molecule has 0 saturated carbocycles. The highest BCUT2D eigenvalue weighted by Gasteiger charge is 2.76. The Hall–Kier alpha value is -1.81. The standard InChI is InChI=1S/C28H34BrClN2O5S/c1-4-7-8-14-37-27(36)21-22-25(34)32(18(6-3)16-33)24(28(22)15-20(29)23(21)38-28)26(35)31(13-5-2)19-11-9-17(30)10-12-19/h4-5,9-12,18,20-24,33H,1-2,6-8,13-16H2,3H3/t18-,20?,21-,22-,23-,24?,28?/m0/s1. The number of rotatable bonds is 12. The van der Waals surface area contributed by atoms with Gasteiger partial charge in [0.1, 0.15) is 6.04 Å². The first-order valence-corrected chi connectivity index (χ1v) is 15.1. The van der Waals surface area contributed by atoms with Gasteiger partial charge in [-0.3, -0.25) is 14.4 Å². The van der Waals surface area contributed by atoms with E-state index in [0.29, 0.717) is 30.0 Å². The summed E-state index contributed by atoms with van der Waals surface area (Å²) in [4.78, 5) is 45.1. The van der Waals surface area contributed by atoms with Gasteiger partial charge in [-0.2, -0.15) is 0 Å². The molecule has 1 aromatic carbocycles. The SMILES string of the molecule is C=CCCCOC(=O)[C@H]1[C@H]2C(=O)N([C@@H](CC)CO)C(C(=O)N(CC=C)c3ccc(Cl)cc3)C23CC(Br)[C@@H]1S3. The van der Waals surface area contributed by atoms with E-state index in [-0.39, 0.29) is 41.6 Å². The third-order valence-electron chi connectivity index (χ3n) is 7.82. The molecule has 7 atom stereocenters. The normalized spacial score (nSPS) is 30.2. The molecule has 10 heteroatoms. The second kappa shape index (κ2) is 12.1. The van der Waals surface area contributed by atoms with Gasteiger partial charge in [-0.05, 0) is 49.9 Å². The minimum absolute atomic E-state index is 0.0601. The van der Waals surface area contributed by atoms with Gasteiger partial charge in [-0.1, -0.05) is 46.6 Å². The maximum absolute atomic E-state index is 14.5. The molecule has 38 heavy (non-hydrogen) atoms. The minimum Gasteiger partial charge on any atom is -0.465 e. The van der Waals surface area contributed by atoms with E-state index >= 15 is 0 Å². The van der Waals surface area contributed by atoms with Crippen LogP contribution in [-0.4, -0.2) is 74.5 Å². The number of anilines is 1. The van der Waals surface area contributed by atoms with Crippen molar-refractivity contribution in [3.63, 3.8) is 0 Å². The van der Waals surface area contributed by atoms with Gasteiger partial charge < -0.3 is 19.6 Å². The number of hydrogen-bond donors (Lipinski definition) is 1. The minimum atomic E-state index is -0.860. The first kappa shape index (κ1) is 29.2. The first-order valence-electron chi connectivity index (χ1n) is 13.0. The number of esters is 1. The molecule has 1 aromatic rings. The van der Waals surface area contributed by atoms with E-state index < -0.39 is 34.6 Å². The molecule has 4 rings (SSSR count). The summed E-state index contributed by atoms with van der Waals surface area (Å²) in [5.74, 6) is -2.30. The molecule has 7 nitrogen and oxygen atoms in total. The highest BCUT2D eigenvalue weighted by molar-refractivity contribution is 9.09. The molecule has 1 N–H and O–H groups in total. The molecule has 2 bridgehead atoms. The number of allylic oxidation sites excluding steroid dienone is 1. The lowest BCUT2D eigenvalue weighted by molar-refractivity contribution is -0.154. The molecule has 0 aliphatic carbocycles. The van der Waals surface area contributed by atoms with Gasteiger partial charge in [0.2, 0.25) is 5.91 Å². The smallest absolute Gasteiger partial charge is 0.310 e. The van der Waals surface area contributed by atoms with Gasteiger partial charge in [0, 0.05) is 27.3 Å². The lowest BCUT2D eigenvalue weighted by Gasteiger charge is -2.39. The number of alkyl halides is 1. The van der Waals surface area contributed by atoms with Gasteiger partial charge in [-0.15, -0.1) is 24.9 Å². The van der Waals surface area contributed by atoms with Crippen molar-refractivity contribution in [1.82, 2.24) is 4.90 Å². The van der Waals surface area contributed by atoms with Crippen molar-refractivity contribution in [2.75, 3.05) is 24.7 Å². The number of carbonyl (C=O) groups excluding carboxylic acids is 3. The Bertz CT molecular complexity index is 1080. The first-order chi connectivity index (χ1) is 18.2.